The highest BCUT2D eigenvalue weighted by atomic mass is 19.4. The maximum Gasteiger partial charge on any atom is 0.416 e. The predicted octanol–water partition coefficient (Wildman–Crippen LogP) is 6.06. The molecule has 1 fully saturated rings. The summed E-state index contributed by atoms with van der Waals surface area (Å²) in [6, 6.07) is 16.7. The molecule has 0 spiro atoms. The molecule has 2 aromatic carbocycles. The Morgan fingerprint density at radius 1 is 0.967 bits per heavy atom. The Labute approximate surface area is 170 Å². The van der Waals surface area contributed by atoms with Gasteiger partial charge in [0.25, 0.3) is 0 Å². The number of pyridine rings is 1. The van der Waals surface area contributed by atoms with E-state index in [0.717, 1.165) is 36.1 Å². The lowest BCUT2D eigenvalue weighted by Crippen LogP contribution is -2.04. The second kappa shape index (κ2) is 6.70. The van der Waals surface area contributed by atoms with Crippen LogP contribution >= 0.6 is 0 Å². The molecule has 0 radical (unpaired) electrons. The Kier molecular flexibility index (Phi) is 4.10. The highest BCUT2D eigenvalue weighted by molar-refractivity contribution is 5.97. The van der Waals surface area contributed by atoms with Crippen LogP contribution in [0.2, 0.25) is 0 Å². The Hall–Kier alpha value is -3.66. The van der Waals surface area contributed by atoms with Gasteiger partial charge in [0, 0.05) is 11.1 Å². The Morgan fingerprint density at radius 2 is 1.67 bits per heavy atom. The summed E-state index contributed by atoms with van der Waals surface area (Å²) in [7, 11) is 0. The summed E-state index contributed by atoms with van der Waals surface area (Å²) in [5.41, 5.74) is 3.71. The Morgan fingerprint density at radius 3 is 2.27 bits per heavy atom. The van der Waals surface area contributed by atoms with E-state index >= 15 is 0 Å². The molecule has 1 aliphatic rings. The number of hydrogen-bond donors (Lipinski definition) is 1. The van der Waals surface area contributed by atoms with Gasteiger partial charge >= 0.3 is 6.18 Å². The van der Waals surface area contributed by atoms with Gasteiger partial charge in [0.05, 0.1) is 27.9 Å². The number of nitrogens with zero attached hydrogens (tertiary/aromatic N) is 3. The fourth-order valence-electron chi connectivity index (χ4n) is 3.82. The topological polar surface area (TPSA) is 65.4 Å². The molecular formula is C23H15F3N4. The number of benzene rings is 2. The van der Waals surface area contributed by atoms with E-state index in [0.29, 0.717) is 33.5 Å². The quantitative estimate of drug-likeness (QED) is 0.451. The first-order valence-corrected chi connectivity index (χ1v) is 9.52. The number of nitrogens with one attached hydrogen (secondary N) is 1. The number of alkyl halides is 3. The molecule has 0 amide bonds. The van der Waals surface area contributed by atoms with Crippen LogP contribution in [0.15, 0.2) is 54.6 Å². The van der Waals surface area contributed by atoms with Crippen molar-refractivity contribution in [3.63, 3.8) is 0 Å². The number of aromatic amines is 1. The van der Waals surface area contributed by atoms with Gasteiger partial charge in [-0.25, -0.2) is 4.98 Å². The van der Waals surface area contributed by atoms with Crippen molar-refractivity contribution < 1.29 is 13.2 Å². The molecule has 5 rings (SSSR count). The molecule has 1 aliphatic carbocycles. The van der Waals surface area contributed by atoms with Crippen molar-refractivity contribution in [1.82, 2.24) is 15.2 Å². The minimum Gasteiger partial charge on any atom is -0.275 e. The second-order valence-corrected chi connectivity index (χ2v) is 7.37. The van der Waals surface area contributed by atoms with Crippen LogP contribution in [0.4, 0.5) is 13.2 Å². The number of halogens is 3. The van der Waals surface area contributed by atoms with Crippen molar-refractivity contribution >= 4 is 11.0 Å². The molecular weight excluding hydrogens is 389 g/mol. The number of hydrogen-bond acceptors (Lipinski definition) is 3. The maximum atomic E-state index is 12.9. The van der Waals surface area contributed by atoms with Gasteiger partial charge in [0.15, 0.2) is 5.65 Å². The normalized spacial score (nSPS) is 14.1. The molecule has 0 saturated heterocycles. The molecule has 4 nitrogen and oxygen atoms in total. The summed E-state index contributed by atoms with van der Waals surface area (Å²) in [5.74, 6) is 0.221. The molecule has 1 saturated carbocycles. The molecule has 0 atom stereocenters. The number of aromatic nitrogens is 3. The van der Waals surface area contributed by atoms with Crippen molar-refractivity contribution in [2.24, 2.45) is 0 Å². The summed E-state index contributed by atoms with van der Waals surface area (Å²) in [5, 5.41) is 18.0. The largest absolute Gasteiger partial charge is 0.416 e. The van der Waals surface area contributed by atoms with Crippen molar-refractivity contribution in [3.8, 4) is 28.6 Å². The maximum absolute atomic E-state index is 12.9. The summed E-state index contributed by atoms with van der Waals surface area (Å²) >= 11 is 0. The van der Waals surface area contributed by atoms with Gasteiger partial charge in [-0.3, -0.25) is 5.10 Å². The molecule has 4 aromatic rings. The SMILES string of the molecule is N#Cc1c(-c2ccccc2)nc2n[nH]c(-c3ccc(C(F)(F)F)cc3)c2c1C1CC1. The second-order valence-electron chi connectivity index (χ2n) is 7.37. The lowest BCUT2D eigenvalue weighted by molar-refractivity contribution is -0.137. The average molecular weight is 404 g/mol. The fourth-order valence-corrected chi connectivity index (χ4v) is 3.82. The summed E-state index contributed by atoms with van der Waals surface area (Å²) < 4.78 is 38.8. The van der Waals surface area contributed by atoms with Gasteiger partial charge in [0.2, 0.25) is 0 Å². The highest BCUT2D eigenvalue weighted by Gasteiger charge is 2.33. The molecule has 148 valence electrons. The van der Waals surface area contributed by atoms with Crippen LogP contribution in [-0.2, 0) is 6.18 Å². The smallest absolute Gasteiger partial charge is 0.275 e. The van der Waals surface area contributed by atoms with Gasteiger partial charge in [-0.2, -0.15) is 23.5 Å². The molecule has 7 heteroatoms. The standard InChI is InChI=1S/C23H15F3N4/c24-23(25,26)16-10-8-15(9-11-16)21-19-18(13-6-7-13)17(12-27)20(28-22(19)30-29-21)14-4-2-1-3-5-14/h1-5,8-11,13H,6-7H2,(H,28,29,30). The zero-order valence-electron chi connectivity index (χ0n) is 15.7. The Bertz CT molecular complexity index is 1280. The van der Waals surface area contributed by atoms with Crippen LogP contribution in [0.25, 0.3) is 33.5 Å². The average Bonchev–Trinajstić information content (AvgIpc) is 3.51. The highest BCUT2D eigenvalue weighted by Crippen LogP contribution is 2.48. The van der Waals surface area contributed by atoms with E-state index in [4.69, 9.17) is 0 Å². The minimum absolute atomic E-state index is 0.221. The monoisotopic (exact) mass is 404 g/mol. The number of fused-ring (bicyclic) bond motifs is 1. The first-order chi connectivity index (χ1) is 14.5. The van der Waals surface area contributed by atoms with Crippen LogP contribution in [0.3, 0.4) is 0 Å². The van der Waals surface area contributed by atoms with E-state index in [-0.39, 0.29) is 5.92 Å². The van der Waals surface area contributed by atoms with Crippen LogP contribution < -0.4 is 0 Å². The zero-order valence-corrected chi connectivity index (χ0v) is 15.7. The van der Waals surface area contributed by atoms with Crippen LogP contribution in [0.5, 0.6) is 0 Å². The van der Waals surface area contributed by atoms with E-state index in [1.165, 1.54) is 12.1 Å². The van der Waals surface area contributed by atoms with Crippen molar-refractivity contribution in [2.75, 3.05) is 0 Å². The third kappa shape index (κ3) is 3.01. The van der Waals surface area contributed by atoms with Crippen LogP contribution in [0, 0.1) is 11.3 Å². The minimum atomic E-state index is -4.39. The van der Waals surface area contributed by atoms with Crippen LogP contribution in [-0.4, -0.2) is 15.2 Å². The number of nitriles is 1. The van der Waals surface area contributed by atoms with Gasteiger partial charge in [-0.15, -0.1) is 0 Å². The van der Waals surface area contributed by atoms with Crippen LogP contribution in [0.1, 0.15) is 35.4 Å². The molecule has 2 aromatic heterocycles. The number of H-pyrrole nitrogens is 1. The van der Waals surface area contributed by atoms with Crippen molar-refractivity contribution in [1.29, 1.82) is 5.26 Å². The van der Waals surface area contributed by atoms with E-state index in [1.807, 2.05) is 30.3 Å². The summed E-state index contributed by atoms with van der Waals surface area (Å²) in [6.07, 6.45) is -2.48. The van der Waals surface area contributed by atoms with Crippen molar-refractivity contribution in [3.05, 3.63) is 71.3 Å². The first kappa shape index (κ1) is 18.4. The summed E-state index contributed by atoms with van der Waals surface area (Å²) in [4.78, 5) is 4.65. The van der Waals surface area contributed by atoms with Gasteiger partial charge < -0.3 is 0 Å². The van der Waals surface area contributed by atoms with E-state index in [9.17, 15) is 18.4 Å². The first-order valence-electron chi connectivity index (χ1n) is 9.52. The lowest BCUT2D eigenvalue weighted by atomic mass is 9.94. The van der Waals surface area contributed by atoms with E-state index < -0.39 is 11.7 Å². The molecule has 2 heterocycles. The van der Waals surface area contributed by atoms with Gasteiger partial charge in [-0.1, -0.05) is 42.5 Å². The predicted molar refractivity (Wildman–Crippen MR) is 106 cm³/mol. The third-order valence-corrected chi connectivity index (χ3v) is 5.39. The molecule has 0 bridgehead atoms. The molecule has 30 heavy (non-hydrogen) atoms. The molecule has 1 N–H and O–H groups in total. The van der Waals surface area contributed by atoms with Gasteiger partial charge in [0.1, 0.15) is 6.07 Å². The van der Waals surface area contributed by atoms with E-state index in [2.05, 4.69) is 21.3 Å². The molecule has 0 unspecified atom stereocenters. The fraction of sp³-hybridized carbons (Fsp3) is 0.174. The lowest BCUT2D eigenvalue weighted by Gasteiger charge is -2.12. The number of rotatable bonds is 3. The molecule has 0 aliphatic heterocycles. The summed E-state index contributed by atoms with van der Waals surface area (Å²) in [6.45, 7) is 0. The van der Waals surface area contributed by atoms with Gasteiger partial charge in [-0.05, 0) is 36.5 Å². The van der Waals surface area contributed by atoms with Crippen molar-refractivity contribution in [2.45, 2.75) is 24.9 Å². The third-order valence-electron chi connectivity index (χ3n) is 5.39. The Balaban J connectivity index is 1.74. The zero-order chi connectivity index (χ0) is 20.9. The van der Waals surface area contributed by atoms with E-state index in [1.54, 1.807) is 0 Å².